The Morgan fingerprint density at radius 3 is 2.43 bits per heavy atom. The first kappa shape index (κ1) is 15.2. The molecule has 0 N–H and O–H groups in total. The second-order valence-corrected chi connectivity index (χ2v) is 7.06. The maximum Gasteiger partial charge on any atom is 0.332 e. The van der Waals surface area contributed by atoms with Crippen LogP contribution >= 0.6 is 0 Å². The highest BCUT2D eigenvalue weighted by Gasteiger charge is 2.21. The van der Waals surface area contributed by atoms with E-state index < -0.39 is 21.3 Å². The van der Waals surface area contributed by atoms with Crippen LogP contribution < -0.4 is 11.2 Å². The van der Waals surface area contributed by atoms with Gasteiger partial charge in [-0.15, -0.1) is 5.10 Å². The minimum atomic E-state index is -3.94. The van der Waals surface area contributed by atoms with Crippen LogP contribution in [-0.2, 0) is 24.1 Å². The fraction of sp³-hybridized carbons (Fsp3) is 0.214. The quantitative estimate of drug-likeness (QED) is 0.656. The Labute approximate surface area is 131 Å². The first-order chi connectivity index (χ1) is 10.7. The summed E-state index contributed by atoms with van der Waals surface area (Å²) < 4.78 is 28.1. The van der Waals surface area contributed by atoms with E-state index in [2.05, 4.69) is 5.10 Å². The predicted molar refractivity (Wildman–Crippen MR) is 84.0 cm³/mol. The van der Waals surface area contributed by atoms with Crippen LogP contribution in [0.3, 0.4) is 0 Å². The average Bonchev–Trinajstić information content (AvgIpc) is 2.97. The van der Waals surface area contributed by atoms with Crippen molar-refractivity contribution in [1.29, 1.82) is 0 Å². The number of aromatic nitrogens is 4. The predicted octanol–water partition coefficient (Wildman–Crippen LogP) is -0.0209. The van der Waals surface area contributed by atoms with Crippen molar-refractivity contribution in [3.63, 3.8) is 0 Å². The Balaban J connectivity index is 2.34. The Kier molecular flexibility index (Phi) is 3.25. The van der Waals surface area contributed by atoms with Gasteiger partial charge in [0.05, 0.1) is 11.1 Å². The number of rotatable bonds is 2. The van der Waals surface area contributed by atoms with E-state index in [9.17, 15) is 18.0 Å². The van der Waals surface area contributed by atoms with Crippen molar-refractivity contribution in [2.24, 2.45) is 14.1 Å². The Morgan fingerprint density at radius 2 is 1.78 bits per heavy atom. The van der Waals surface area contributed by atoms with Gasteiger partial charge in [-0.05, 0) is 24.6 Å². The number of fused-ring (bicyclic) bond motifs is 1. The topological polar surface area (TPSA) is 96.0 Å². The second-order valence-electron chi connectivity index (χ2n) is 5.27. The summed E-state index contributed by atoms with van der Waals surface area (Å²) in [5.41, 5.74) is -0.352. The van der Waals surface area contributed by atoms with E-state index in [4.69, 9.17) is 0 Å². The first-order valence-corrected chi connectivity index (χ1v) is 8.15. The fourth-order valence-electron chi connectivity index (χ4n) is 2.33. The highest BCUT2D eigenvalue weighted by Crippen LogP contribution is 2.16. The van der Waals surface area contributed by atoms with Gasteiger partial charge >= 0.3 is 5.69 Å². The maximum absolute atomic E-state index is 12.7. The van der Waals surface area contributed by atoms with Crippen LogP contribution in [0.5, 0.6) is 0 Å². The molecule has 0 aliphatic heterocycles. The van der Waals surface area contributed by atoms with Crippen molar-refractivity contribution in [1.82, 2.24) is 18.3 Å². The molecule has 0 fully saturated rings. The van der Waals surface area contributed by atoms with Crippen molar-refractivity contribution >= 4 is 21.1 Å². The molecule has 8 nitrogen and oxygen atoms in total. The summed E-state index contributed by atoms with van der Waals surface area (Å²) in [6.45, 7) is 1.78. The molecule has 3 rings (SSSR count). The van der Waals surface area contributed by atoms with Crippen LogP contribution in [0.25, 0.3) is 11.0 Å². The van der Waals surface area contributed by atoms with Crippen LogP contribution in [0.4, 0.5) is 0 Å². The average molecular weight is 334 g/mol. The summed E-state index contributed by atoms with van der Waals surface area (Å²) in [6, 6.07) is 6.36. The standard InChI is InChI=1S/C14H14N4O4S/c1-9-5-4-6-10(7-9)23(21,22)18-8-11-12(15-18)16(2)14(20)17(3)13(11)19/h4-8H,1-3H3. The van der Waals surface area contributed by atoms with Gasteiger partial charge in [0.1, 0.15) is 5.39 Å². The number of hydrogen-bond acceptors (Lipinski definition) is 5. The second kappa shape index (κ2) is 4.92. The number of hydrogen-bond donors (Lipinski definition) is 0. The van der Waals surface area contributed by atoms with Gasteiger partial charge in [0, 0.05) is 14.1 Å². The molecule has 2 heterocycles. The third-order valence-corrected chi connectivity index (χ3v) is 5.16. The lowest BCUT2D eigenvalue weighted by atomic mass is 10.2. The van der Waals surface area contributed by atoms with Crippen molar-refractivity contribution in [2.45, 2.75) is 11.8 Å². The van der Waals surface area contributed by atoms with Gasteiger partial charge in [-0.1, -0.05) is 12.1 Å². The van der Waals surface area contributed by atoms with E-state index in [0.29, 0.717) is 0 Å². The van der Waals surface area contributed by atoms with Gasteiger partial charge < -0.3 is 0 Å². The van der Waals surface area contributed by atoms with Gasteiger partial charge in [0.25, 0.3) is 15.6 Å². The molecule has 0 radical (unpaired) electrons. The van der Waals surface area contributed by atoms with Crippen molar-refractivity contribution in [3.05, 3.63) is 56.9 Å². The van der Waals surface area contributed by atoms with Crippen LogP contribution in [0, 0.1) is 6.92 Å². The molecule has 0 bridgehead atoms. The molecule has 0 aliphatic carbocycles. The molecule has 0 spiro atoms. The lowest BCUT2D eigenvalue weighted by molar-refractivity contribution is 0.580. The number of benzene rings is 1. The number of nitrogens with zero attached hydrogens (tertiary/aromatic N) is 4. The highest BCUT2D eigenvalue weighted by atomic mass is 32.2. The minimum Gasteiger partial charge on any atom is -0.279 e. The van der Waals surface area contributed by atoms with E-state index in [1.54, 1.807) is 19.1 Å². The minimum absolute atomic E-state index is 0.0225. The normalized spacial score (nSPS) is 12.0. The van der Waals surface area contributed by atoms with Gasteiger partial charge in [0.15, 0.2) is 5.65 Å². The van der Waals surface area contributed by atoms with Crippen LogP contribution in [-0.4, -0.2) is 26.7 Å². The van der Waals surface area contributed by atoms with Crippen LogP contribution in [0.1, 0.15) is 5.56 Å². The maximum atomic E-state index is 12.7. The van der Waals surface area contributed by atoms with E-state index in [1.807, 2.05) is 0 Å². The molecule has 0 saturated carbocycles. The smallest absolute Gasteiger partial charge is 0.279 e. The Bertz CT molecular complexity index is 1150. The molecule has 0 amide bonds. The van der Waals surface area contributed by atoms with Crippen LogP contribution in [0.15, 0.2) is 44.9 Å². The van der Waals surface area contributed by atoms with Gasteiger partial charge in [-0.25, -0.2) is 4.79 Å². The van der Waals surface area contributed by atoms with Crippen molar-refractivity contribution in [3.8, 4) is 0 Å². The molecule has 1 aromatic carbocycles. The third kappa shape index (κ3) is 2.20. The molecular formula is C14H14N4O4S. The molecule has 0 atom stereocenters. The highest BCUT2D eigenvalue weighted by molar-refractivity contribution is 7.89. The summed E-state index contributed by atoms with van der Waals surface area (Å²) >= 11 is 0. The van der Waals surface area contributed by atoms with E-state index in [-0.39, 0.29) is 15.9 Å². The molecule has 3 aromatic rings. The zero-order valence-electron chi connectivity index (χ0n) is 12.7. The summed E-state index contributed by atoms with van der Waals surface area (Å²) in [5.74, 6) is 0. The largest absolute Gasteiger partial charge is 0.332 e. The summed E-state index contributed by atoms with van der Waals surface area (Å²) in [6.07, 6.45) is 1.13. The molecule has 9 heteroatoms. The molecule has 120 valence electrons. The molecule has 0 unspecified atom stereocenters. The van der Waals surface area contributed by atoms with E-state index >= 15 is 0 Å². The summed E-state index contributed by atoms with van der Waals surface area (Å²) in [5, 5.41) is 3.99. The van der Waals surface area contributed by atoms with Gasteiger partial charge in [-0.2, -0.15) is 12.5 Å². The molecule has 2 aromatic heterocycles. The SMILES string of the molecule is Cc1cccc(S(=O)(=O)n2cc3c(=O)n(C)c(=O)n(C)c3n2)c1. The van der Waals surface area contributed by atoms with E-state index in [0.717, 1.165) is 25.0 Å². The zero-order chi connectivity index (χ0) is 16.9. The molecular weight excluding hydrogens is 320 g/mol. The molecule has 0 saturated heterocycles. The lowest BCUT2D eigenvalue weighted by Crippen LogP contribution is -2.36. The molecule has 23 heavy (non-hydrogen) atoms. The third-order valence-electron chi connectivity index (χ3n) is 3.63. The van der Waals surface area contributed by atoms with Crippen molar-refractivity contribution in [2.75, 3.05) is 0 Å². The Hall–Kier alpha value is -2.68. The monoisotopic (exact) mass is 334 g/mol. The van der Waals surface area contributed by atoms with Crippen LogP contribution in [0.2, 0.25) is 0 Å². The van der Waals surface area contributed by atoms with Gasteiger partial charge in [0.2, 0.25) is 0 Å². The Morgan fingerprint density at radius 1 is 1.09 bits per heavy atom. The van der Waals surface area contributed by atoms with Crippen molar-refractivity contribution < 1.29 is 8.42 Å². The zero-order valence-corrected chi connectivity index (χ0v) is 13.5. The summed E-state index contributed by atoms with van der Waals surface area (Å²) in [7, 11) is -1.18. The number of aryl methyl sites for hydroxylation is 2. The van der Waals surface area contributed by atoms with E-state index in [1.165, 1.54) is 26.2 Å². The lowest BCUT2D eigenvalue weighted by Gasteiger charge is -2.04. The summed E-state index contributed by atoms with van der Waals surface area (Å²) in [4.78, 5) is 24.1. The fourth-order valence-corrected chi connectivity index (χ4v) is 3.56. The first-order valence-electron chi connectivity index (χ1n) is 6.71. The molecule has 0 aliphatic rings. The van der Waals surface area contributed by atoms with Gasteiger partial charge in [-0.3, -0.25) is 13.9 Å².